The van der Waals surface area contributed by atoms with Crippen LogP contribution in [0.25, 0.3) is 0 Å². The van der Waals surface area contributed by atoms with Gasteiger partial charge in [-0.2, -0.15) is 5.10 Å². The minimum Gasteiger partial charge on any atom is -0.371 e. The van der Waals surface area contributed by atoms with Crippen LogP contribution in [-0.2, 0) is 11.3 Å². The molecule has 1 aromatic rings. The molecule has 0 aliphatic carbocycles. The summed E-state index contributed by atoms with van der Waals surface area (Å²) in [7, 11) is 0. The van der Waals surface area contributed by atoms with Crippen molar-refractivity contribution in [2.45, 2.75) is 26.8 Å². The van der Waals surface area contributed by atoms with E-state index in [1.165, 1.54) is 4.68 Å². The molecule has 88 valence electrons. The molecule has 0 aliphatic heterocycles. The van der Waals surface area contributed by atoms with Gasteiger partial charge < -0.3 is 9.69 Å². The molecule has 1 rings (SSSR count). The van der Waals surface area contributed by atoms with Crippen LogP contribution in [0.1, 0.15) is 20.3 Å². The lowest BCUT2D eigenvalue weighted by atomic mass is 10.4. The summed E-state index contributed by atoms with van der Waals surface area (Å²) >= 11 is 0. The second-order valence-electron chi connectivity index (χ2n) is 3.40. The number of nitrogens with zero attached hydrogens (tertiary/aromatic N) is 3. The molecular formula is C11H17N3O2. The topological polar surface area (TPSA) is 55.2 Å². The van der Waals surface area contributed by atoms with E-state index in [1.54, 1.807) is 12.3 Å². The maximum atomic E-state index is 11.6. The first-order chi connectivity index (χ1) is 7.72. The highest BCUT2D eigenvalue weighted by Gasteiger charge is 2.04. The SMILES string of the molecule is CCN(CC)c1cnn(CCC=O)c(=O)c1. The van der Waals surface area contributed by atoms with Crippen molar-refractivity contribution in [1.82, 2.24) is 9.78 Å². The highest BCUT2D eigenvalue weighted by Crippen LogP contribution is 2.07. The van der Waals surface area contributed by atoms with Crippen molar-refractivity contribution in [1.29, 1.82) is 0 Å². The van der Waals surface area contributed by atoms with Crippen LogP contribution in [0.3, 0.4) is 0 Å². The van der Waals surface area contributed by atoms with Gasteiger partial charge in [0.05, 0.1) is 18.4 Å². The van der Waals surface area contributed by atoms with Crippen molar-refractivity contribution in [3.63, 3.8) is 0 Å². The van der Waals surface area contributed by atoms with Gasteiger partial charge in [0, 0.05) is 25.6 Å². The number of anilines is 1. The minimum atomic E-state index is -0.161. The van der Waals surface area contributed by atoms with Crippen LogP contribution >= 0.6 is 0 Å². The molecule has 0 amide bonds. The Morgan fingerprint density at radius 1 is 1.44 bits per heavy atom. The van der Waals surface area contributed by atoms with Gasteiger partial charge in [-0.1, -0.05) is 0 Å². The van der Waals surface area contributed by atoms with E-state index in [0.29, 0.717) is 13.0 Å². The summed E-state index contributed by atoms with van der Waals surface area (Å²) in [4.78, 5) is 23.9. The third kappa shape index (κ3) is 2.92. The van der Waals surface area contributed by atoms with E-state index >= 15 is 0 Å². The third-order valence-electron chi connectivity index (χ3n) is 2.44. The number of aromatic nitrogens is 2. The van der Waals surface area contributed by atoms with E-state index in [1.807, 2.05) is 13.8 Å². The number of aryl methyl sites for hydroxylation is 1. The monoisotopic (exact) mass is 223 g/mol. The lowest BCUT2D eigenvalue weighted by Crippen LogP contribution is -2.27. The molecule has 0 saturated carbocycles. The lowest BCUT2D eigenvalue weighted by molar-refractivity contribution is -0.108. The van der Waals surface area contributed by atoms with Gasteiger partial charge in [0.15, 0.2) is 0 Å². The standard InChI is InChI=1S/C11H17N3O2/c1-3-13(4-2)10-8-11(16)14(12-9-10)6-5-7-15/h7-9H,3-6H2,1-2H3. The molecule has 16 heavy (non-hydrogen) atoms. The summed E-state index contributed by atoms with van der Waals surface area (Å²) in [6.07, 6.45) is 2.77. The minimum absolute atomic E-state index is 0.161. The summed E-state index contributed by atoms with van der Waals surface area (Å²) in [6.45, 7) is 6.09. The van der Waals surface area contributed by atoms with Gasteiger partial charge in [-0.25, -0.2) is 4.68 Å². The number of hydrogen-bond donors (Lipinski definition) is 0. The van der Waals surface area contributed by atoms with Crippen molar-refractivity contribution in [3.8, 4) is 0 Å². The van der Waals surface area contributed by atoms with Crippen molar-refractivity contribution < 1.29 is 4.79 Å². The molecule has 5 nitrogen and oxygen atoms in total. The van der Waals surface area contributed by atoms with Crippen molar-refractivity contribution in [2.24, 2.45) is 0 Å². The highest BCUT2D eigenvalue weighted by atomic mass is 16.1. The molecule has 0 aliphatic rings. The highest BCUT2D eigenvalue weighted by molar-refractivity contribution is 5.49. The van der Waals surface area contributed by atoms with E-state index in [2.05, 4.69) is 10.00 Å². The number of carbonyl (C=O) groups is 1. The zero-order chi connectivity index (χ0) is 12.0. The fourth-order valence-corrected chi connectivity index (χ4v) is 1.53. The molecule has 0 spiro atoms. The van der Waals surface area contributed by atoms with Gasteiger partial charge in [-0.05, 0) is 13.8 Å². The zero-order valence-electron chi connectivity index (χ0n) is 9.72. The number of hydrogen-bond acceptors (Lipinski definition) is 4. The van der Waals surface area contributed by atoms with Crippen molar-refractivity contribution >= 4 is 12.0 Å². The second-order valence-corrected chi connectivity index (χ2v) is 3.40. The largest absolute Gasteiger partial charge is 0.371 e. The predicted octanol–water partition coefficient (Wildman–Crippen LogP) is 0.678. The Morgan fingerprint density at radius 2 is 2.12 bits per heavy atom. The Morgan fingerprint density at radius 3 is 2.62 bits per heavy atom. The molecule has 1 aromatic heterocycles. The predicted molar refractivity (Wildman–Crippen MR) is 62.7 cm³/mol. The van der Waals surface area contributed by atoms with E-state index in [0.717, 1.165) is 25.1 Å². The van der Waals surface area contributed by atoms with Crippen molar-refractivity contribution in [3.05, 3.63) is 22.6 Å². The fraction of sp³-hybridized carbons (Fsp3) is 0.545. The average Bonchev–Trinajstić information content (AvgIpc) is 2.29. The van der Waals surface area contributed by atoms with Crippen LogP contribution in [0.5, 0.6) is 0 Å². The number of rotatable bonds is 6. The maximum Gasteiger partial charge on any atom is 0.268 e. The van der Waals surface area contributed by atoms with E-state index in [4.69, 9.17) is 0 Å². The quantitative estimate of drug-likeness (QED) is 0.665. The summed E-state index contributed by atoms with van der Waals surface area (Å²) < 4.78 is 1.31. The first-order valence-electron chi connectivity index (χ1n) is 5.48. The normalized spacial score (nSPS) is 10.1. The van der Waals surface area contributed by atoms with Crippen LogP contribution in [0.2, 0.25) is 0 Å². The van der Waals surface area contributed by atoms with E-state index in [9.17, 15) is 9.59 Å². The molecule has 1 heterocycles. The Kier molecular flexibility index (Phi) is 4.69. The average molecular weight is 223 g/mol. The molecule has 0 bridgehead atoms. The van der Waals surface area contributed by atoms with E-state index < -0.39 is 0 Å². The molecule has 0 atom stereocenters. The molecular weight excluding hydrogens is 206 g/mol. The molecule has 0 N–H and O–H groups in total. The van der Waals surface area contributed by atoms with Crippen molar-refractivity contribution in [2.75, 3.05) is 18.0 Å². The first-order valence-corrected chi connectivity index (χ1v) is 5.48. The lowest BCUT2D eigenvalue weighted by Gasteiger charge is -2.20. The van der Waals surface area contributed by atoms with Crippen LogP contribution in [0.4, 0.5) is 5.69 Å². The summed E-state index contributed by atoms with van der Waals surface area (Å²) in [6, 6.07) is 1.56. The van der Waals surface area contributed by atoms with Gasteiger partial charge in [0.25, 0.3) is 5.56 Å². The maximum absolute atomic E-state index is 11.6. The van der Waals surface area contributed by atoms with E-state index in [-0.39, 0.29) is 5.56 Å². The van der Waals surface area contributed by atoms with Gasteiger partial charge in [0.1, 0.15) is 6.29 Å². The van der Waals surface area contributed by atoms with Gasteiger partial charge in [0.2, 0.25) is 0 Å². The number of aldehydes is 1. The first kappa shape index (κ1) is 12.4. The molecule has 0 fully saturated rings. The zero-order valence-corrected chi connectivity index (χ0v) is 9.72. The Labute approximate surface area is 94.7 Å². The summed E-state index contributed by atoms with van der Waals surface area (Å²) in [5, 5.41) is 4.04. The Balaban J connectivity index is 2.89. The molecule has 0 radical (unpaired) electrons. The molecule has 0 unspecified atom stereocenters. The molecule has 0 aromatic carbocycles. The second kappa shape index (κ2) is 6.05. The smallest absolute Gasteiger partial charge is 0.268 e. The Hall–Kier alpha value is -1.65. The number of carbonyl (C=O) groups excluding carboxylic acids is 1. The molecule has 0 saturated heterocycles. The third-order valence-corrected chi connectivity index (χ3v) is 2.44. The fourth-order valence-electron chi connectivity index (χ4n) is 1.53. The van der Waals surface area contributed by atoms with Crippen LogP contribution < -0.4 is 10.5 Å². The Bertz CT molecular complexity index is 396. The molecule has 5 heteroatoms. The van der Waals surface area contributed by atoms with Crippen LogP contribution in [-0.4, -0.2) is 29.2 Å². The summed E-state index contributed by atoms with van der Waals surface area (Å²) in [5.74, 6) is 0. The summed E-state index contributed by atoms with van der Waals surface area (Å²) in [5.41, 5.74) is 0.670. The van der Waals surface area contributed by atoms with Gasteiger partial charge in [-0.15, -0.1) is 0 Å². The van der Waals surface area contributed by atoms with Gasteiger partial charge >= 0.3 is 0 Å². The van der Waals surface area contributed by atoms with Gasteiger partial charge in [-0.3, -0.25) is 4.79 Å². The van der Waals surface area contributed by atoms with Crippen LogP contribution in [0, 0.1) is 0 Å². The van der Waals surface area contributed by atoms with Crippen LogP contribution in [0.15, 0.2) is 17.1 Å².